The predicted molar refractivity (Wildman–Crippen MR) is 80.0 cm³/mol. The van der Waals surface area contributed by atoms with E-state index in [1.165, 1.54) is 71.1 Å². The van der Waals surface area contributed by atoms with Gasteiger partial charge in [-0.05, 0) is 19.9 Å². The minimum Gasteiger partial charge on any atom is -0.400 e. The van der Waals surface area contributed by atoms with Crippen LogP contribution in [0.2, 0.25) is 0 Å². The molecule has 0 spiro atoms. The Morgan fingerprint density at radius 1 is 1.06 bits per heavy atom. The second kappa shape index (κ2) is 13.3. The molecule has 110 valence electrons. The summed E-state index contributed by atoms with van der Waals surface area (Å²) in [5.74, 6) is 0. The van der Waals surface area contributed by atoms with Crippen molar-refractivity contribution in [2.45, 2.75) is 64.8 Å². The van der Waals surface area contributed by atoms with Crippen molar-refractivity contribution in [1.82, 2.24) is 10.2 Å². The highest BCUT2D eigenvalue weighted by molar-refractivity contribution is 4.75. The lowest BCUT2D eigenvalue weighted by atomic mass is 10.1. The number of hydrogen-bond donors (Lipinski definition) is 2. The van der Waals surface area contributed by atoms with Crippen molar-refractivity contribution in [3.8, 4) is 0 Å². The topological polar surface area (TPSA) is 35.5 Å². The summed E-state index contributed by atoms with van der Waals surface area (Å²) < 4.78 is 0. The van der Waals surface area contributed by atoms with Gasteiger partial charge in [-0.25, -0.2) is 0 Å². The van der Waals surface area contributed by atoms with Crippen LogP contribution < -0.4 is 5.32 Å². The van der Waals surface area contributed by atoms with Gasteiger partial charge >= 0.3 is 0 Å². The molecule has 1 rings (SSSR count). The molecule has 1 aliphatic rings. The molecule has 1 heterocycles. The average Bonchev–Trinajstić information content (AvgIpc) is 2.42. The van der Waals surface area contributed by atoms with Gasteiger partial charge in [-0.3, -0.25) is 4.90 Å². The highest BCUT2D eigenvalue weighted by Crippen LogP contribution is 2.09. The van der Waals surface area contributed by atoms with Crippen LogP contribution in [-0.2, 0) is 0 Å². The minimum absolute atomic E-state index is 0.744. The Kier molecular flexibility index (Phi) is 13.2. The summed E-state index contributed by atoms with van der Waals surface area (Å²) in [6.45, 7) is 9.55. The van der Waals surface area contributed by atoms with Gasteiger partial charge in [0.15, 0.2) is 0 Å². The average molecular weight is 258 g/mol. The van der Waals surface area contributed by atoms with Crippen LogP contribution in [0.4, 0.5) is 0 Å². The maximum atomic E-state index is 7.00. The van der Waals surface area contributed by atoms with E-state index in [1.807, 2.05) is 0 Å². The molecule has 1 unspecified atom stereocenters. The van der Waals surface area contributed by atoms with E-state index in [-0.39, 0.29) is 0 Å². The molecule has 1 atom stereocenters. The van der Waals surface area contributed by atoms with E-state index >= 15 is 0 Å². The Labute approximate surface area is 114 Å². The van der Waals surface area contributed by atoms with E-state index in [0.717, 1.165) is 13.2 Å². The summed E-state index contributed by atoms with van der Waals surface area (Å²) in [5.41, 5.74) is 0. The maximum absolute atomic E-state index is 7.00. The van der Waals surface area contributed by atoms with Crippen molar-refractivity contribution in [2.24, 2.45) is 0 Å². The Balaban J connectivity index is 0.00000137. The van der Waals surface area contributed by atoms with Crippen LogP contribution in [0.15, 0.2) is 0 Å². The summed E-state index contributed by atoms with van der Waals surface area (Å²) in [6.07, 6.45) is 9.95. The molecule has 0 aromatic heterocycles. The number of piperazine rings is 1. The van der Waals surface area contributed by atoms with Crippen molar-refractivity contribution < 1.29 is 5.11 Å². The third-order valence-corrected chi connectivity index (χ3v) is 3.69. The molecule has 3 nitrogen and oxygen atoms in total. The quantitative estimate of drug-likeness (QED) is 0.657. The number of aliphatic hydroxyl groups is 1. The minimum atomic E-state index is 0.744. The van der Waals surface area contributed by atoms with Gasteiger partial charge in [0.1, 0.15) is 0 Å². The van der Waals surface area contributed by atoms with Crippen molar-refractivity contribution >= 4 is 0 Å². The number of rotatable bonds is 8. The molecule has 0 bridgehead atoms. The molecule has 0 amide bonds. The predicted octanol–water partition coefficient (Wildman–Crippen LogP) is 2.64. The fourth-order valence-corrected chi connectivity index (χ4v) is 2.49. The molecule has 2 N–H and O–H groups in total. The van der Waals surface area contributed by atoms with Gasteiger partial charge in [0.25, 0.3) is 0 Å². The fourth-order valence-electron chi connectivity index (χ4n) is 2.49. The highest BCUT2D eigenvalue weighted by Gasteiger charge is 2.16. The van der Waals surface area contributed by atoms with Gasteiger partial charge in [-0.2, -0.15) is 0 Å². The van der Waals surface area contributed by atoms with E-state index in [9.17, 15) is 0 Å². The summed E-state index contributed by atoms with van der Waals surface area (Å²) in [7, 11) is 1.00. The summed E-state index contributed by atoms with van der Waals surface area (Å²) in [4.78, 5) is 2.64. The Hall–Kier alpha value is -0.120. The Morgan fingerprint density at radius 3 is 2.28 bits per heavy atom. The molecule has 0 aromatic carbocycles. The number of nitrogens with one attached hydrogen (secondary N) is 1. The number of aliphatic hydroxyl groups excluding tert-OH is 1. The van der Waals surface area contributed by atoms with Gasteiger partial charge in [0, 0.05) is 32.8 Å². The van der Waals surface area contributed by atoms with E-state index < -0.39 is 0 Å². The monoisotopic (exact) mass is 258 g/mol. The number of unbranched alkanes of at least 4 members (excludes halogenated alkanes) is 6. The summed E-state index contributed by atoms with van der Waals surface area (Å²) >= 11 is 0. The molecule has 1 saturated heterocycles. The smallest absolute Gasteiger partial charge is 0.0319 e. The Bertz CT molecular complexity index is 165. The molecule has 1 fully saturated rings. The SMILES string of the molecule is CCCCCCCCCN1CCNCC1C.CO. The van der Waals surface area contributed by atoms with E-state index in [2.05, 4.69) is 24.1 Å². The van der Waals surface area contributed by atoms with Crippen LogP contribution in [-0.4, -0.2) is 49.3 Å². The molecule has 1 aliphatic heterocycles. The first kappa shape index (κ1) is 17.9. The molecule has 18 heavy (non-hydrogen) atoms. The summed E-state index contributed by atoms with van der Waals surface area (Å²) in [5, 5.41) is 10.4. The van der Waals surface area contributed by atoms with Crippen LogP contribution in [0.1, 0.15) is 58.8 Å². The molecule has 0 saturated carbocycles. The molecule has 3 heteroatoms. The van der Waals surface area contributed by atoms with Crippen LogP contribution in [0.25, 0.3) is 0 Å². The second-order valence-electron chi connectivity index (χ2n) is 5.21. The van der Waals surface area contributed by atoms with Crippen molar-refractivity contribution in [2.75, 3.05) is 33.3 Å². The van der Waals surface area contributed by atoms with Gasteiger partial charge in [-0.15, -0.1) is 0 Å². The van der Waals surface area contributed by atoms with Gasteiger partial charge in [0.2, 0.25) is 0 Å². The van der Waals surface area contributed by atoms with Crippen LogP contribution in [0.5, 0.6) is 0 Å². The fraction of sp³-hybridized carbons (Fsp3) is 1.00. The molecular formula is C15H34N2O. The second-order valence-corrected chi connectivity index (χ2v) is 5.21. The molecule has 0 radical (unpaired) electrons. The van der Waals surface area contributed by atoms with Crippen LogP contribution in [0, 0.1) is 0 Å². The molecule has 0 aliphatic carbocycles. The van der Waals surface area contributed by atoms with Gasteiger partial charge < -0.3 is 10.4 Å². The standard InChI is InChI=1S/C14H30N2.CH4O/c1-3-4-5-6-7-8-9-11-16-12-10-15-13-14(16)2;1-2/h14-15H,3-13H2,1-2H3;2H,1H3. The highest BCUT2D eigenvalue weighted by atomic mass is 16.2. The zero-order valence-corrected chi connectivity index (χ0v) is 12.7. The third-order valence-electron chi connectivity index (χ3n) is 3.69. The first-order chi connectivity index (χ1) is 8.84. The van der Waals surface area contributed by atoms with Gasteiger partial charge in [-0.1, -0.05) is 45.4 Å². The molecular weight excluding hydrogens is 224 g/mol. The third kappa shape index (κ3) is 8.90. The lowest BCUT2D eigenvalue weighted by Crippen LogP contribution is -2.49. The lowest BCUT2D eigenvalue weighted by molar-refractivity contribution is 0.170. The number of nitrogens with zero attached hydrogens (tertiary/aromatic N) is 1. The zero-order chi connectivity index (χ0) is 13.6. The van der Waals surface area contributed by atoms with E-state index in [4.69, 9.17) is 5.11 Å². The van der Waals surface area contributed by atoms with Crippen LogP contribution >= 0.6 is 0 Å². The van der Waals surface area contributed by atoms with Crippen LogP contribution in [0.3, 0.4) is 0 Å². The first-order valence-corrected chi connectivity index (χ1v) is 7.74. The molecule has 0 aromatic rings. The van der Waals surface area contributed by atoms with Crippen molar-refractivity contribution in [3.05, 3.63) is 0 Å². The lowest BCUT2D eigenvalue weighted by Gasteiger charge is -2.33. The van der Waals surface area contributed by atoms with Crippen molar-refractivity contribution in [1.29, 1.82) is 0 Å². The summed E-state index contributed by atoms with van der Waals surface area (Å²) in [6, 6.07) is 0.744. The normalized spacial score (nSPS) is 20.3. The van der Waals surface area contributed by atoms with E-state index in [0.29, 0.717) is 0 Å². The zero-order valence-electron chi connectivity index (χ0n) is 12.7. The Morgan fingerprint density at radius 2 is 1.67 bits per heavy atom. The largest absolute Gasteiger partial charge is 0.400 e. The maximum Gasteiger partial charge on any atom is 0.0319 e. The number of hydrogen-bond acceptors (Lipinski definition) is 3. The first-order valence-electron chi connectivity index (χ1n) is 7.74. The van der Waals surface area contributed by atoms with Crippen molar-refractivity contribution in [3.63, 3.8) is 0 Å². The van der Waals surface area contributed by atoms with E-state index in [1.54, 1.807) is 0 Å². The van der Waals surface area contributed by atoms with Gasteiger partial charge in [0.05, 0.1) is 0 Å².